The summed E-state index contributed by atoms with van der Waals surface area (Å²) in [6.45, 7) is 0. The Kier molecular flexibility index (Phi) is 4.29. The molecular formula is C12H16N6O6. The van der Waals surface area contributed by atoms with Gasteiger partial charge in [0, 0.05) is 0 Å². The molecule has 24 heavy (non-hydrogen) atoms. The maximum atomic E-state index is 11.6. The second-order valence-electron chi connectivity index (χ2n) is 5.17. The second kappa shape index (κ2) is 6.26. The van der Waals surface area contributed by atoms with E-state index in [0.29, 0.717) is 5.52 Å². The SMILES string of the molecule is CONC(=O)C(O)[C@H]1O[C@@H](n2cnc3c(N)ncnc32)[C@H](O)[C@@H]1O. The number of hydrogen-bond acceptors (Lipinski definition) is 10. The van der Waals surface area contributed by atoms with Crippen LogP contribution in [0.25, 0.3) is 11.2 Å². The number of hydroxylamine groups is 1. The van der Waals surface area contributed by atoms with Crippen LogP contribution in [0.4, 0.5) is 5.82 Å². The van der Waals surface area contributed by atoms with Crippen LogP contribution in [0.5, 0.6) is 0 Å². The zero-order chi connectivity index (χ0) is 17.4. The van der Waals surface area contributed by atoms with E-state index in [2.05, 4.69) is 19.8 Å². The van der Waals surface area contributed by atoms with Crippen LogP contribution >= 0.6 is 0 Å². The number of imidazole rings is 1. The number of hydrogen-bond donors (Lipinski definition) is 5. The molecule has 0 radical (unpaired) electrons. The maximum absolute atomic E-state index is 11.6. The van der Waals surface area contributed by atoms with Crippen LogP contribution in [0.1, 0.15) is 6.23 Å². The summed E-state index contributed by atoms with van der Waals surface area (Å²) in [6.07, 6.45) is -4.70. The van der Waals surface area contributed by atoms with E-state index in [-0.39, 0.29) is 11.5 Å². The minimum atomic E-state index is -1.76. The van der Waals surface area contributed by atoms with Crippen LogP contribution in [0.15, 0.2) is 12.7 Å². The van der Waals surface area contributed by atoms with E-state index >= 15 is 0 Å². The Balaban J connectivity index is 1.89. The van der Waals surface area contributed by atoms with Crippen LogP contribution < -0.4 is 11.2 Å². The molecule has 3 heterocycles. The van der Waals surface area contributed by atoms with Crippen LogP contribution in [0, 0.1) is 0 Å². The summed E-state index contributed by atoms with van der Waals surface area (Å²) in [5.41, 5.74) is 8.19. The van der Waals surface area contributed by atoms with Gasteiger partial charge in [-0.2, -0.15) is 0 Å². The summed E-state index contributed by atoms with van der Waals surface area (Å²) in [6, 6.07) is 0. The molecule has 3 rings (SSSR count). The fraction of sp³-hybridized carbons (Fsp3) is 0.500. The van der Waals surface area contributed by atoms with Crippen molar-refractivity contribution in [2.75, 3.05) is 12.8 Å². The van der Waals surface area contributed by atoms with Crippen molar-refractivity contribution in [3.05, 3.63) is 12.7 Å². The highest BCUT2D eigenvalue weighted by Crippen LogP contribution is 2.33. The van der Waals surface area contributed by atoms with Gasteiger partial charge in [-0.1, -0.05) is 0 Å². The first kappa shape index (κ1) is 16.5. The van der Waals surface area contributed by atoms with E-state index < -0.39 is 36.6 Å². The summed E-state index contributed by atoms with van der Waals surface area (Å²) in [5, 5.41) is 30.3. The molecule has 6 N–H and O–H groups in total. The third kappa shape index (κ3) is 2.55. The number of fused-ring (bicyclic) bond motifs is 1. The highest BCUT2D eigenvalue weighted by atomic mass is 16.6. The molecule has 0 aliphatic carbocycles. The standard InChI is InChI=1S/C12H16N6O6/c1-23-17-11(22)7(21)8-5(19)6(20)12(24-8)18-3-16-4-9(13)14-2-15-10(4)18/h2-3,5-8,12,19-21H,1H3,(H,17,22)(H2,13,14,15)/t5-,6+,7?,8-,12+/m0/s1. The van der Waals surface area contributed by atoms with Gasteiger partial charge in [-0.25, -0.2) is 20.4 Å². The lowest BCUT2D eigenvalue weighted by molar-refractivity contribution is -0.153. The number of anilines is 1. The Bertz CT molecular complexity index is 753. The molecule has 1 saturated heterocycles. The van der Waals surface area contributed by atoms with Crippen molar-refractivity contribution < 1.29 is 29.7 Å². The number of carbonyl (C=O) groups is 1. The van der Waals surface area contributed by atoms with Gasteiger partial charge in [0.05, 0.1) is 13.4 Å². The smallest absolute Gasteiger partial charge is 0.275 e. The summed E-state index contributed by atoms with van der Waals surface area (Å²) in [5.74, 6) is -0.778. The van der Waals surface area contributed by atoms with Gasteiger partial charge in [-0.3, -0.25) is 14.2 Å². The Hall–Kier alpha value is -2.38. The lowest BCUT2D eigenvalue weighted by Crippen LogP contribution is -2.47. The minimum absolute atomic E-state index is 0.142. The lowest BCUT2D eigenvalue weighted by Gasteiger charge is -2.19. The number of ether oxygens (including phenoxy) is 1. The number of nitrogens with one attached hydrogen (secondary N) is 1. The predicted octanol–water partition coefficient (Wildman–Crippen LogP) is -2.93. The molecule has 1 amide bonds. The second-order valence-corrected chi connectivity index (χ2v) is 5.17. The average molecular weight is 340 g/mol. The van der Waals surface area contributed by atoms with Crippen molar-refractivity contribution in [3.8, 4) is 0 Å². The molecule has 5 atom stereocenters. The van der Waals surface area contributed by atoms with Gasteiger partial charge in [0.2, 0.25) is 0 Å². The number of amides is 1. The van der Waals surface area contributed by atoms with Crippen LogP contribution in [-0.4, -0.2) is 72.3 Å². The van der Waals surface area contributed by atoms with Crippen molar-refractivity contribution in [1.29, 1.82) is 0 Å². The van der Waals surface area contributed by atoms with E-state index in [1.54, 1.807) is 0 Å². The largest absolute Gasteiger partial charge is 0.387 e. The molecule has 12 heteroatoms. The quantitative estimate of drug-likeness (QED) is 0.362. The number of nitrogens with zero attached hydrogens (tertiary/aromatic N) is 4. The molecule has 2 aromatic rings. The number of aliphatic hydroxyl groups excluding tert-OH is 3. The van der Waals surface area contributed by atoms with Crippen LogP contribution in [0.3, 0.4) is 0 Å². The molecule has 12 nitrogen and oxygen atoms in total. The minimum Gasteiger partial charge on any atom is -0.387 e. The van der Waals surface area contributed by atoms with Crippen molar-refractivity contribution in [3.63, 3.8) is 0 Å². The topological polar surface area (TPSA) is 178 Å². The van der Waals surface area contributed by atoms with Crippen LogP contribution in [0.2, 0.25) is 0 Å². The van der Waals surface area contributed by atoms with E-state index in [1.807, 2.05) is 5.48 Å². The third-order valence-electron chi connectivity index (χ3n) is 3.72. The number of rotatable bonds is 4. The Morgan fingerprint density at radius 2 is 2.17 bits per heavy atom. The van der Waals surface area contributed by atoms with Gasteiger partial charge in [-0.15, -0.1) is 0 Å². The van der Waals surface area contributed by atoms with Crippen molar-refractivity contribution >= 4 is 22.9 Å². The van der Waals surface area contributed by atoms with Crippen molar-refractivity contribution in [2.24, 2.45) is 0 Å². The van der Waals surface area contributed by atoms with Gasteiger partial charge in [-0.05, 0) is 0 Å². The molecular weight excluding hydrogens is 324 g/mol. The summed E-state index contributed by atoms with van der Waals surface area (Å²) in [4.78, 5) is 27.9. The Morgan fingerprint density at radius 1 is 1.42 bits per heavy atom. The molecule has 0 aromatic carbocycles. The van der Waals surface area contributed by atoms with Crippen molar-refractivity contribution in [1.82, 2.24) is 25.0 Å². The number of aromatic nitrogens is 4. The highest BCUT2D eigenvalue weighted by molar-refractivity contribution is 5.81. The van der Waals surface area contributed by atoms with Gasteiger partial charge in [0.25, 0.3) is 5.91 Å². The van der Waals surface area contributed by atoms with Crippen molar-refractivity contribution in [2.45, 2.75) is 30.6 Å². The summed E-state index contributed by atoms with van der Waals surface area (Å²) >= 11 is 0. The first-order chi connectivity index (χ1) is 11.5. The van der Waals surface area contributed by atoms with Crippen LogP contribution in [-0.2, 0) is 14.4 Å². The van der Waals surface area contributed by atoms with E-state index in [0.717, 1.165) is 0 Å². The molecule has 130 valence electrons. The molecule has 1 aliphatic rings. The molecule has 1 fully saturated rings. The lowest BCUT2D eigenvalue weighted by atomic mass is 10.1. The van der Waals surface area contributed by atoms with Gasteiger partial charge in [0.15, 0.2) is 23.8 Å². The zero-order valence-electron chi connectivity index (χ0n) is 12.5. The zero-order valence-corrected chi connectivity index (χ0v) is 12.5. The number of nitrogens with two attached hydrogens (primary N) is 1. The first-order valence-corrected chi connectivity index (χ1v) is 6.91. The monoisotopic (exact) mass is 340 g/mol. The molecule has 2 aromatic heterocycles. The van der Waals surface area contributed by atoms with Gasteiger partial charge in [0.1, 0.15) is 30.2 Å². The molecule has 0 saturated carbocycles. The summed E-state index contributed by atoms with van der Waals surface area (Å²) in [7, 11) is 1.19. The molecule has 1 aliphatic heterocycles. The normalized spacial score (nSPS) is 28.2. The maximum Gasteiger partial charge on any atom is 0.275 e. The van der Waals surface area contributed by atoms with Gasteiger partial charge < -0.3 is 25.8 Å². The third-order valence-corrected chi connectivity index (χ3v) is 3.72. The Morgan fingerprint density at radius 3 is 2.88 bits per heavy atom. The molecule has 0 bridgehead atoms. The van der Waals surface area contributed by atoms with E-state index in [4.69, 9.17) is 10.5 Å². The fourth-order valence-electron chi connectivity index (χ4n) is 2.54. The van der Waals surface area contributed by atoms with E-state index in [9.17, 15) is 20.1 Å². The first-order valence-electron chi connectivity index (χ1n) is 6.91. The number of carbonyl (C=O) groups excluding carboxylic acids is 1. The van der Waals surface area contributed by atoms with Gasteiger partial charge >= 0.3 is 0 Å². The number of nitrogen functional groups attached to an aromatic ring is 1. The predicted molar refractivity (Wildman–Crippen MR) is 76.8 cm³/mol. The van der Waals surface area contributed by atoms with E-state index in [1.165, 1.54) is 24.3 Å². The molecule has 0 spiro atoms. The Labute approximate surface area is 134 Å². The number of aliphatic hydroxyl groups is 3. The summed E-state index contributed by atoms with van der Waals surface area (Å²) < 4.78 is 6.80. The highest BCUT2D eigenvalue weighted by Gasteiger charge is 2.49. The fourth-order valence-corrected chi connectivity index (χ4v) is 2.54. The average Bonchev–Trinajstić information content (AvgIpc) is 3.11. The molecule has 1 unspecified atom stereocenters.